The Bertz CT molecular complexity index is 524. The molecular formula is C20H33NSi. The number of allylic oxidation sites excluding steroid dienone is 6. The van der Waals surface area contributed by atoms with Crippen molar-refractivity contribution in [3.05, 3.63) is 46.3 Å². The molecular weight excluding hydrogens is 282 g/mol. The molecule has 2 rings (SSSR count). The standard InChI is InChI=1S/C20H33NSi/c1-15(2)21(16(3)4)17(5)18-12-13-20(14-18)22(6,7)19-10-8-9-11-19/h8-10,12,14-17H,11,13H2,1-7H3. The second kappa shape index (κ2) is 6.72. The summed E-state index contributed by atoms with van der Waals surface area (Å²) in [6.45, 7) is 16.6. The Hall–Kier alpha value is -0.863. The quantitative estimate of drug-likeness (QED) is 0.591. The first-order valence-corrected chi connectivity index (χ1v) is 11.8. The van der Waals surface area contributed by atoms with Crippen molar-refractivity contribution in [2.45, 2.75) is 78.7 Å². The molecule has 0 saturated carbocycles. The van der Waals surface area contributed by atoms with E-state index in [1.165, 1.54) is 18.4 Å². The Morgan fingerprint density at radius 1 is 0.955 bits per heavy atom. The molecule has 0 aromatic carbocycles. The molecule has 0 amide bonds. The van der Waals surface area contributed by atoms with E-state index >= 15 is 0 Å². The van der Waals surface area contributed by atoms with Gasteiger partial charge in [0.1, 0.15) is 8.07 Å². The summed E-state index contributed by atoms with van der Waals surface area (Å²) >= 11 is 0. The highest BCUT2D eigenvalue weighted by molar-refractivity contribution is 6.90. The second-order valence-electron chi connectivity index (χ2n) is 7.84. The van der Waals surface area contributed by atoms with Gasteiger partial charge in [0.15, 0.2) is 0 Å². The highest BCUT2D eigenvalue weighted by atomic mass is 28.3. The van der Waals surface area contributed by atoms with Crippen molar-refractivity contribution in [2.24, 2.45) is 0 Å². The lowest BCUT2D eigenvalue weighted by Crippen LogP contribution is -2.44. The summed E-state index contributed by atoms with van der Waals surface area (Å²) in [4.78, 5) is 2.62. The van der Waals surface area contributed by atoms with E-state index in [4.69, 9.17) is 0 Å². The summed E-state index contributed by atoms with van der Waals surface area (Å²) in [5.74, 6) is 0. The molecule has 0 radical (unpaired) electrons. The van der Waals surface area contributed by atoms with E-state index in [-0.39, 0.29) is 0 Å². The van der Waals surface area contributed by atoms with Crippen LogP contribution in [0.5, 0.6) is 0 Å². The molecule has 1 unspecified atom stereocenters. The summed E-state index contributed by atoms with van der Waals surface area (Å²) in [7, 11) is -1.42. The molecule has 0 aromatic rings. The predicted molar refractivity (Wildman–Crippen MR) is 102 cm³/mol. The van der Waals surface area contributed by atoms with Crippen LogP contribution in [0.25, 0.3) is 0 Å². The SMILES string of the molecule is CC(C)N(C(C)C)C(C)C1=CCC([Si](C)(C)C2=CC=CC2)=C1. The lowest BCUT2D eigenvalue weighted by Gasteiger charge is -2.36. The number of hydrogen-bond donors (Lipinski definition) is 0. The van der Waals surface area contributed by atoms with Crippen molar-refractivity contribution in [3.63, 3.8) is 0 Å². The molecule has 1 nitrogen and oxygen atoms in total. The molecule has 0 fully saturated rings. The molecule has 1 atom stereocenters. The van der Waals surface area contributed by atoms with Crippen molar-refractivity contribution >= 4 is 8.07 Å². The van der Waals surface area contributed by atoms with Gasteiger partial charge in [-0.1, -0.05) is 53.9 Å². The van der Waals surface area contributed by atoms with Crippen LogP contribution in [-0.2, 0) is 0 Å². The smallest absolute Gasteiger partial charge is 0.103 e. The van der Waals surface area contributed by atoms with Crippen LogP contribution < -0.4 is 0 Å². The first kappa shape index (κ1) is 17.5. The van der Waals surface area contributed by atoms with Gasteiger partial charge in [-0.3, -0.25) is 4.90 Å². The molecule has 2 aliphatic carbocycles. The third-order valence-corrected chi connectivity index (χ3v) is 9.33. The summed E-state index contributed by atoms with van der Waals surface area (Å²) in [6.07, 6.45) is 14.3. The molecule has 0 bridgehead atoms. The Morgan fingerprint density at radius 3 is 2.09 bits per heavy atom. The van der Waals surface area contributed by atoms with Crippen LogP contribution in [0.4, 0.5) is 0 Å². The van der Waals surface area contributed by atoms with E-state index in [0.717, 1.165) is 0 Å². The summed E-state index contributed by atoms with van der Waals surface area (Å²) in [5, 5.41) is 3.39. The molecule has 0 aromatic heterocycles. The highest BCUT2D eigenvalue weighted by Gasteiger charge is 2.33. The van der Waals surface area contributed by atoms with E-state index in [1.54, 1.807) is 10.4 Å². The number of hydrogen-bond acceptors (Lipinski definition) is 1. The van der Waals surface area contributed by atoms with Crippen LogP contribution in [0, 0.1) is 0 Å². The van der Waals surface area contributed by atoms with E-state index in [0.29, 0.717) is 18.1 Å². The normalized spacial score (nSPS) is 20.0. The molecule has 0 heterocycles. The molecule has 0 N–H and O–H groups in total. The van der Waals surface area contributed by atoms with Crippen LogP contribution in [0.15, 0.2) is 46.3 Å². The Labute approximate surface area is 138 Å². The Morgan fingerprint density at radius 2 is 1.59 bits per heavy atom. The van der Waals surface area contributed by atoms with Crippen LogP contribution in [0.1, 0.15) is 47.5 Å². The molecule has 122 valence electrons. The van der Waals surface area contributed by atoms with Crippen molar-refractivity contribution < 1.29 is 0 Å². The van der Waals surface area contributed by atoms with Gasteiger partial charge in [0.25, 0.3) is 0 Å². The van der Waals surface area contributed by atoms with Gasteiger partial charge in [0.05, 0.1) is 0 Å². The lowest BCUT2D eigenvalue weighted by molar-refractivity contribution is 0.143. The fraction of sp³-hybridized carbons (Fsp3) is 0.600. The van der Waals surface area contributed by atoms with Crippen molar-refractivity contribution in [2.75, 3.05) is 0 Å². The fourth-order valence-electron chi connectivity index (χ4n) is 4.05. The zero-order chi connectivity index (χ0) is 16.5. The minimum Gasteiger partial charge on any atom is -0.292 e. The molecule has 0 aliphatic heterocycles. The Balaban J connectivity index is 2.17. The molecule has 0 spiro atoms. The lowest BCUT2D eigenvalue weighted by atomic mass is 10.0. The van der Waals surface area contributed by atoms with E-state index in [9.17, 15) is 0 Å². The van der Waals surface area contributed by atoms with Crippen LogP contribution >= 0.6 is 0 Å². The maximum Gasteiger partial charge on any atom is 0.103 e. The maximum absolute atomic E-state index is 2.62. The third-order valence-electron chi connectivity index (χ3n) is 5.40. The van der Waals surface area contributed by atoms with E-state index in [2.05, 4.69) is 83.0 Å². The average molecular weight is 316 g/mol. The van der Waals surface area contributed by atoms with Crippen molar-refractivity contribution in [1.29, 1.82) is 0 Å². The third kappa shape index (κ3) is 3.38. The van der Waals surface area contributed by atoms with Gasteiger partial charge in [0.2, 0.25) is 0 Å². The molecule has 2 heteroatoms. The topological polar surface area (TPSA) is 3.24 Å². The fourth-order valence-corrected chi connectivity index (χ4v) is 6.75. The van der Waals surface area contributed by atoms with Gasteiger partial charge in [0, 0.05) is 18.1 Å². The zero-order valence-corrected chi connectivity index (χ0v) is 16.5. The molecule has 2 aliphatic rings. The van der Waals surface area contributed by atoms with Gasteiger partial charge >= 0.3 is 0 Å². The minimum absolute atomic E-state index is 0.512. The van der Waals surface area contributed by atoms with Gasteiger partial charge in [-0.25, -0.2) is 0 Å². The second-order valence-corrected chi connectivity index (χ2v) is 12.4. The number of nitrogens with zero attached hydrogens (tertiary/aromatic N) is 1. The van der Waals surface area contributed by atoms with Gasteiger partial charge in [-0.05, 0) is 53.0 Å². The van der Waals surface area contributed by atoms with Gasteiger partial charge < -0.3 is 0 Å². The van der Waals surface area contributed by atoms with Crippen LogP contribution in [0.2, 0.25) is 13.1 Å². The number of rotatable bonds is 6. The van der Waals surface area contributed by atoms with Gasteiger partial charge in [-0.15, -0.1) is 0 Å². The zero-order valence-electron chi connectivity index (χ0n) is 15.5. The first-order chi connectivity index (χ1) is 10.2. The summed E-state index contributed by atoms with van der Waals surface area (Å²) in [5.41, 5.74) is 1.53. The van der Waals surface area contributed by atoms with Crippen LogP contribution in [-0.4, -0.2) is 31.1 Å². The predicted octanol–water partition coefficient (Wildman–Crippen LogP) is 5.42. The molecule has 22 heavy (non-hydrogen) atoms. The average Bonchev–Trinajstić information content (AvgIpc) is 3.10. The van der Waals surface area contributed by atoms with Crippen molar-refractivity contribution in [1.82, 2.24) is 4.90 Å². The maximum atomic E-state index is 2.62. The molecule has 0 saturated heterocycles. The van der Waals surface area contributed by atoms with E-state index in [1.807, 2.05) is 0 Å². The van der Waals surface area contributed by atoms with Gasteiger partial charge in [-0.2, -0.15) is 0 Å². The highest BCUT2D eigenvalue weighted by Crippen LogP contribution is 2.36. The summed E-state index contributed by atoms with van der Waals surface area (Å²) < 4.78 is 0. The monoisotopic (exact) mass is 315 g/mol. The summed E-state index contributed by atoms with van der Waals surface area (Å²) in [6, 6.07) is 1.68. The van der Waals surface area contributed by atoms with Crippen LogP contribution in [0.3, 0.4) is 0 Å². The van der Waals surface area contributed by atoms with Crippen molar-refractivity contribution in [3.8, 4) is 0 Å². The first-order valence-electron chi connectivity index (χ1n) is 8.79. The Kier molecular flexibility index (Phi) is 5.34. The minimum atomic E-state index is -1.42. The van der Waals surface area contributed by atoms with E-state index < -0.39 is 8.07 Å². The largest absolute Gasteiger partial charge is 0.292 e.